The summed E-state index contributed by atoms with van der Waals surface area (Å²) in [6.45, 7) is 3.10. The van der Waals surface area contributed by atoms with Crippen molar-refractivity contribution in [1.82, 2.24) is 4.98 Å². The van der Waals surface area contributed by atoms with Gasteiger partial charge in [0, 0.05) is 18.8 Å². The van der Waals surface area contributed by atoms with Crippen LogP contribution in [-0.4, -0.2) is 28.6 Å². The number of rotatable bonds is 3. The number of carbonyl (C=O) groups is 1. The first-order chi connectivity index (χ1) is 8.74. The smallest absolute Gasteiger partial charge is 0.356 e. The van der Waals surface area contributed by atoms with E-state index in [0.717, 1.165) is 31.5 Å². The second-order valence-electron chi connectivity index (χ2n) is 4.78. The lowest BCUT2D eigenvalue weighted by atomic mass is 10.1. The zero-order chi connectivity index (χ0) is 13.0. The summed E-state index contributed by atoms with van der Waals surface area (Å²) in [6, 6.07) is 4.14. The fourth-order valence-corrected chi connectivity index (χ4v) is 2.71. The fourth-order valence-electron chi connectivity index (χ4n) is 2.71. The van der Waals surface area contributed by atoms with Gasteiger partial charge in [-0.1, -0.05) is 19.8 Å². The summed E-state index contributed by atoms with van der Waals surface area (Å²) in [7, 11) is 0. The molecule has 4 nitrogen and oxygen atoms in total. The van der Waals surface area contributed by atoms with Crippen molar-refractivity contribution < 1.29 is 9.90 Å². The van der Waals surface area contributed by atoms with Crippen LogP contribution in [0, 0.1) is 0 Å². The predicted molar refractivity (Wildman–Crippen MR) is 71.1 cm³/mol. The number of anilines is 1. The van der Waals surface area contributed by atoms with Crippen LogP contribution in [-0.2, 0) is 0 Å². The van der Waals surface area contributed by atoms with Crippen molar-refractivity contribution in [3.8, 4) is 0 Å². The zero-order valence-corrected chi connectivity index (χ0v) is 10.8. The van der Waals surface area contributed by atoms with E-state index >= 15 is 0 Å². The number of hydrogen-bond donors (Lipinski definition) is 1. The average molecular weight is 248 g/mol. The minimum atomic E-state index is -0.940. The highest BCUT2D eigenvalue weighted by Crippen LogP contribution is 2.27. The minimum Gasteiger partial charge on any atom is -0.476 e. The quantitative estimate of drug-likeness (QED) is 0.893. The van der Waals surface area contributed by atoms with Crippen LogP contribution >= 0.6 is 0 Å². The summed E-state index contributed by atoms with van der Waals surface area (Å²) < 4.78 is 0. The molecule has 2 rings (SSSR count). The van der Waals surface area contributed by atoms with Crippen LogP contribution < -0.4 is 4.90 Å². The average Bonchev–Trinajstić information content (AvgIpc) is 2.63. The summed E-state index contributed by atoms with van der Waals surface area (Å²) in [6.07, 6.45) is 7.34. The van der Waals surface area contributed by atoms with Crippen LogP contribution in [0.15, 0.2) is 18.3 Å². The molecule has 1 unspecified atom stereocenters. The molecule has 18 heavy (non-hydrogen) atoms. The Balaban J connectivity index is 2.35. The van der Waals surface area contributed by atoms with Gasteiger partial charge in [0.15, 0.2) is 5.69 Å². The van der Waals surface area contributed by atoms with Crippen LogP contribution in [0.1, 0.15) is 49.5 Å². The Morgan fingerprint density at radius 1 is 1.50 bits per heavy atom. The first-order valence-electron chi connectivity index (χ1n) is 6.69. The maximum absolute atomic E-state index is 11.3. The van der Waals surface area contributed by atoms with Crippen molar-refractivity contribution in [2.75, 3.05) is 11.4 Å². The van der Waals surface area contributed by atoms with Crippen molar-refractivity contribution in [2.24, 2.45) is 0 Å². The molecule has 1 aliphatic rings. The van der Waals surface area contributed by atoms with Gasteiger partial charge in [0.1, 0.15) is 0 Å². The lowest BCUT2D eigenvalue weighted by Crippen LogP contribution is -2.35. The molecule has 0 radical (unpaired) electrons. The Kier molecular flexibility index (Phi) is 4.18. The van der Waals surface area contributed by atoms with Gasteiger partial charge in [0.2, 0.25) is 0 Å². The van der Waals surface area contributed by atoms with Gasteiger partial charge in [-0.3, -0.25) is 0 Å². The van der Waals surface area contributed by atoms with Crippen molar-refractivity contribution in [3.63, 3.8) is 0 Å². The normalized spacial score (nSPS) is 20.5. The van der Waals surface area contributed by atoms with Crippen molar-refractivity contribution >= 4 is 11.7 Å². The number of carboxylic acids is 1. The van der Waals surface area contributed by atoms with Crippen molar-refractivity contribution in [1.29, 1.82) is 0 Å². The molecule has 1 fully saturated rings. The Morgan fingerprint density at radius 3 is 3.06 bits per heavy atom. The number of carboxylic acid groups (broad SMARTS) is 1. The Morgan fingerprint density at radius 2 is 2.33 bits per heavy atom. The van der Waals surface area contributed by atoms with E-state index in [-0.39, 0.29) is 5.69 Å². The molecule has 2 heterocycles. The number of hydrogen-bond acceptors (Lipinski definition) is 3. The van der Waals surface area contributed by atoms with E-state index in [1.54, 1.807) is 6.20 Å². The molecule has 1 N–H and O–H groups in total. The van der Waals surface area contributed by atoms with Gasteiger partial charge in [-0.2, -0.15) is 0 Å². The second kappa shape index (κ2) is 5.85. The summed E-state index contributed by atoms with van der Waals surface area (Å²) in [5.74, 6) is -0.940. The largest absolute Gasteiger partial charge is 0.476 e. The summed E-state index contributed by atoms with van der Waals surface area (Å²) >= 11 is 0. The molecule has 1 aliphatic heterocycles. The standard InChI is InChI=1S/C14H20N2O2/c1-2-11-7-4-3-5-10-16(11)12-8-6-9-15-13(12)14(17)18/h6,8-9,11H,2-5,7,10H2,1H3,(H,17,18). The summed E-state index contributed by atoms with van der Waals surface area (Å²) in [5.41, 5.74) is 0.955. The fraction of sp³-hybridized carbons (Fsp3) is 0.571. The molecule has 98 valence electrons. The van der Waals surface area contributed by atoms with Crippen LogP contribution in [0.5, 0.6) is 0 Å². The molecule has 4 heteroatoms. The number of pyridine rings is 1. The molecule has 0 saturated carbocycles. The first-order valence-corrected chi connectivity index (χ1v) is 6.69. The topological polar surface area (TPSA) is 53.4 Å². The van der Waals surface area contributed by atoms with E-state index < -0.39 is 5.97 Å². The van der Waals surface area contributed by atoms with Crippen LogP contribution in [0.3, 0.4) is 0 Å². The highest BCUT2D eigenvalue weighted by molar-refractivity contribution is 5.92. The van der Waals surface area contributed by atoms with E-state index in [1.807, 2.05) is 12.1 Å². The van der Waals surface area contributed by atoms with Crippen LogP contribution in [0.4, 0.5) is 5.69 Å². The van der Waals surface area contributed by atoms with E-state index in [9.17, 15) is 9.90 Å². The van der Waals surface area contributed by atoms with Gasteiger partial charge in [-0.15, -0.1) is 0 Å². The maximum atomic E-state index is 11.3. The lowest BCUT2D eigenvalue weighted by Gasteiger charge is -2.32. The van der Waals surface area contributed by atoms with Crippen LogP contribution in [0.25, 0.3) is 0 Å². The van der Waals surface area contributed by atoms with Crippen molar-refractivity contribution in [2.45, 2.75) is 45.1 Å². The Hall–Kier alpha value is -1.58. The minimum absolute atomic E-state index is 0.179. The third kappa shape index (κ3) is 2.63. The van der Waals surface area contributed by atoms with E-state index in [1.165, 1.54) is 12.8 Å². The van der Waals surface area contributed by atoms with Gasteiger partial charge in [0.05, 0.1) is 5.69 Å². The van der Waals surface area contributed by atoms with E-state index in [4.69, 9.17) is 0 Å². The number of nitrogens with zero attached hydrogens (tertiary/aromatic N) is 2. The molecule has 0 bridgehead atoms. The van der Waals surface area contributed by atoms with Gasteiger partial charge < -0.3 is 10.0 Å². The molecule has 0 aromatic carbocycles. The van der Waals surface area contributed by atoms with Gasteiger partial charge in [-0.05, 0) is 31.4 Å². The maximum Gasteiger partial charge on any atom is 0.356 e. The number of aromatic carboxylic acids is 1. The van der Waals surface area contributed by atoms with E-state index in [2.05, 4.69) is 16.8 Å². The van der Waals surface area contributed by atoms with Gasteiger partial charge >= 0.3 is 5.97 Å². The molecule has 1 aromatic rings. The Bertz CT molecular complexity index is 420. The zero-order valence-electron chi connectivity index (χ0n) is 10.8. The monoisotopic (exact) mass is 248 g/mol. The van der Waals surface area contributed by atoms with Gasteiger partial charge in [-0.25, -0.2) is 9.78 Å². The Labute approximate surface area is 108 Å². The second-order valence-corrected chi connectivity index (χ2v) is 4.78. The molecule has 0 spiro atoms. The lowest BCUT2D eigenvalue weighted by molar-refractivity contribution is 0.0691. The molecular weight excluding hydrogens is 228 g/mol. The molecular formula is C14H20N2O2. The molecule has 1 saturated heterocycles. The summed E-state index contributed by atoms with van der Waals surface area (Å²) in [4.78, 5) is 17.5. The third-order valence-electron chi connectivity index (χ3n) is 3.65. The predicted octanol–water partition coefficient (Wildman–Crippen LogP) is 2.94. The SMILES string of the molecule is CCC1CCCCCN1c1cccnc1C(=O)O. The highest BCUT2D eigenvalue weighted by Gasteiger charge is 2.24. The third-order valence-corrected chi connectivity index (χ3v) is 3.65. The molecule has 1 aromatic heterocycles. The van der Waals surface area contributed by atoms with Gasteiger partial charge in [0.25, 0.3) is 0 Å². The van der Waals surface area contributed by atoms with Crippen LogP contribution in [0.2, 0.25) is 0 Å². The van der Waals surface area contributed by atoms with Crippen molar-refractivity contribution in [3.05, 3.63) is 24.0 Å². The molecule has 0 aliphatic carbocycles. The number of aromatic nitrogens is 1. The van der Waals surface area contributed by atoms with E-state index in [0.29, 0.717) is 6.04 Å². The molecule has 1 atom stereocenters. The summed E-state index contributed by atoms with van der Waals surface area (Å²) in [5, 5.41) is 9.24. The molecule has 0 amide bonds. The first kappa shape index (κ1) is 12.9. The highest BCUT2D eigenvalue weighted by atomic mass is 16.4.